The zero-order chi connectivity index (χ0) is 20.4. The van der Waals surface area contributed by atoms with Crippen molar-refractivity contribution in [2.45, 2.75) is 50.0 Å². The van der Waals surface area contributed by atoms with Gasteiger partial charge in [0.05, 0.1) is 10.5 Å². The lowest BCUT2D eigenvalue weighted by Crippen LogP contribution is -2.31. The predicted octanol–water partition coefficient (Wildman–Crippen LogP) is 6.45. The topological polar surface area (TPSA) is 34.1 Å². The van der Waals surface area contributed by atoms with E-state index < -0.39 is 9.84 Å². The Labute approximate surface area is 166 Å². The third kappa shape index (κ3) is 11.2. The quantitative estimate of drug-likeness (QED) is 0.322. The molecule has 0 saturated heterocycles. The molecule has 148 valence electrons. The average molecular weight is 387 g/mol. The Balaban J connectivity index is 4.84. The molecule has 0 bridgehead atoms. The van der Waals surface area contributed by atoms with E-state index in [4.69, 9.17) is 0 Å². The fourth-order valence-electron chi connectivity index (χ4n) is 2.50. The van der Waals surface area contributed by atoms with Gasteiger partial charge >= 0.3 is 0 Å². The van der Waals surface area contributed by atoms with Gasteiger partial charge in [-0.1, -0.05) is 112 Å². The third-order valence-electron chi connectivity index (χ3n) is 4.07. The van der Waals surface area contributed by atoms with Gasteiger partial charge in [0, 0.05) is 0 Å². The van der Waals surface area contributed by atoms with E-state index in [0.29, 0.717) is 25.7 Å². The molecule has 0 radical (unpaired) electrons. The molecular weight excluding hydrogens is 352 g/mol. The van der Waals surface area contributed by atoms with Crippen LogP contribution >= 0.6 is 0 Å². The lowest BCUT2D eigenvalue weighted by Gasteiger charge is -2.21. The van der Waals surface area contributed by atoms with Crippen LogP contribution in [0.4, 0.5) is 0 Å². The van der Waals surface area contributed by atoms with Crippen molar-refractivity contribution in [1.82, 2.24) is 0 Å². The first kappa shape index (κ1) is 24.9. The molecule has 3 heteroatoms. The Morgan fingerprint density at radius 1 is 0.630 bits per heavy atom. The molecule has 0 aliphatic carbocycles. The molecule has 0 aliphatic heterocycles. The minimum Gasteiger partial charge on any atom is -0.228 e. The zero-order valence-corrected chi connectivity index (χ0v) is 17.5. The van der Waals surface area contributed by atoms with Crippen LogP contribution in [-0.4, -0.2) is 18.9 Å². The van der Waals surface area contributed by atoms with E-state index in [-0.39, 0.29) is 10.5 Å². The molecule has 2 nitrogen and oxygen atoms in total. The summed E-state index contributed by atoms with van der Waals surface area (Å²) in [4.78, 5) is 0. The Morgan fingerprint density at radius 3 is 1.30 bits per heavy atom. The van der Waals surface area contributed by atoms with Gasteiger partial charge in [0.1, 0.15) is 0 Å². The van der Waals surface area contributed by atoms with Gasteiger partial charge in [-0.2, -0.15) is 0 Å². The van der Waals surface area contributed by atoms with Gasteiger partial charge in [-0.05, 0) is 25.7 Å². The molecule has 0 aromatic heterocycles. The summed E-state index contributed by atoms with van der Waals surface area (Å²) in [6.45, 7) is 11.1. The van der Waals surface area contributed by atoms with Crippen molar-refractivity contribution in [2.75, 3.05) is 0 Å². The molecule has 2 atom stereocenters. The molecule has 0 heterocycles. The number of hydrogen-bond donors (Lipinski definition) is 0. The van der Waals surface area contributed by atoms with E-state index in [0.717, 1.165) is 0 Å². The molecule has 2 unspecified atom stereocenters. The number of hydrogen-bond acceptors (Lipinski definition) is 2. The first-order valence-corrected chi connectivity index (χ1v) is 11.1. The summed E-state index contributed by atoms with van der Waals surface area (Å²) in [5, 5.41) is -0.675. The van der Waals surface area contributed by atoms with Crippen LogP contribution in [0.15, 0.2) is 98.2 Å². The second kappa shape index (κ2) is 16.1. The van der Waals surface area contributed by atoms with Crippen molar-refractivity contribution in [3.63, 3.8) is 0 Å². The van der Waals surface area contributed by atoms with Crippen molar-refractivity contribution >= 4 is 9.84 Å². The van der Waals surface area contributed by atoms with E-state index in [1.807, 2.05) is 86.8 Å². The summed E-state index contributed by atoms with van der Waals surface area (Å²) in [7, 11) is -3.17. The smallest absolute Gasteiger partial charge is 0.156 e. The van der Waals surface area contributed by atoms with E-state index in [1.54, 1.807) is 12.2 Å². The first-order chi connectivity index (χ1) is 13.0. The molecular formula is C24H34O2S. The molecule has 0 fully saturated rings. The lowest BCUT2D eigenvalue weighted by molar-refractivity contribution is 0.555. The molecule has 0 aromatic carbocycles. The summed E-state index contributed by atoms with van der Waals surface area (Å²) >= 11 is 0. The predicted molar refractivity (Wildman–Crippen MR) is 122 cm³/mol. The van der Waals surface area contributed by atoms with Crippen molar-refractivity contribution in [2.24, 2.45) is 0 Å². The lowest BCUT2D eigenvalue weighted by atomic mass is 10.2. The number of allylic oxidation sites excluding steroid dienone is 14. The van der Waals surface area contributed by atoms with Crippen LogP contribution in [0.25, 0.3) is 0 Å². The van der Waals surface area contributed by atoms with E-state index in [2.05, 4.69) is 13.2 Å². The average Bonchev–Trinajstić information content (AvgIpc) is 2.66. The third-order valence-corrected chi connectivity index (χ3v) is 6.98. The van der Waals surface area contributed by atoms with Gasteiger partial charge < -0.3 is 0 Å². The summed E-state index contributed by atoms with van der Waals surface area (Å²) in [6.07, 6.45) is 28.4. The monoisotopic (exact) mass is 386 g/mol. The highest BCUT2D eigenvalue weighted by atomic mass is 32.2. The van der Waals surface area contributed by atoms with Gasteiger partial charge in [-0.25, -0.2) is 8.42 Å². The molecule has 0 saturated carbocycles. The summed E-state index contributed by atoms with van der Waals surface area (Å²) in [5.74, 6) is 0. The van der Waals surface area contributed by atoms with Gasteiger partial charge in [0.2, 0.25) is 0 Å². The van der Waals surface area contributed by atoms with Gasteiger partial charge in [-0.3, -0.25) is 0 Å². The fourth-order valence-corrected chi connectivity index (χ4v) is 4.73. The summed E-state index contributed by atoms with van der Waals surface area (Å²) < 4.78 is 25.9. The van der Waals surface area contributed by atoms with Crippen LogP contribution in [0.3, 0.4) is 0 Å². The highest BCUT2D eigenvalue weighted by Crippen LogP contribution is 2.22. The van der Waals surface area contributed by atoms with Gasteiger partial charge in [0.25, 0.3) is 0 Å². The van der Waals surface area contributed by atoms with E-state index in [1.165, 1.54) is 0 Å². The van der Waals surface area contributed by atoms with Gasteiger partial charge in [0.15, 0.2) is 9.84 Å². The highest BCUT2D eigenvalue weighted by molar-refractivity contribution is 7.92. The Bertz CT molecular complexity index is 632. The molecule has 0 spiro atoms. The van der Waals surface area contributed by atoms with Crippen molar-refractivity contribution in [3.8, 4) is 0 Å². The second-order valence-corrected chi connectivity index (χ2v) is 8.50. The molecule has 27 heavy (non-hydrogen) atoms. The maximum atomic E-state index is 13.0. The fraction of sp³-hybridized carbons (Fsp3) is 0.333. The van der Waals surface area contributed by atoms with Crippen LogP contribution in [0.5, 0.6) is 0 Å². The summed E-state index contributed by atoms with van der Waals surface area (Å²) in [5.41, 5.74) is 0. The minimum absolute atomic E-state index is 0.338. The van der Waals surface area contributed by atoms with Crippen LogP contribution in [-0.2, 0) is 9.84 Å². The molecule has 0 aliphatic rings. The minimum atomic E-state index is -3.17. The Morgan fingerprint density at radius 2 is 0.963 bits per heavy atom. The van der Waals surface area contributed by atoms with Crippen molar-refractivity contribution in [3.05, 3.63) is 98.2 Å². The number of sulfone groups is 1. The Kier molecular flexibility index (Phi) is 14.8. The normalized spacial score (nSPS) is 15.8. The maximum absolute atomic E-state index is 13.0. The maximum Gasteiger partial charge on any atom is 0.156 e. The number of rotatable bonds is 14. The van der Waals surface area contributed by atoms with Crippen LogP contribution in [0.2, 0.25) is 0 Å². The van der Waals surface area contributed by atoms with Crippen molar-refractivity contribution in [1.29, 1.82) is 0 Å². The van der Waals surface area contributed by atoms with Crippen molar-refractivity contribution < 1.29 is 8.42 Å². The standard InChI is InChI=1S/C24H34O2S/c1-5-9-11-13-15-17-19-21-23(7-3)27(25,26)24(8-4)22-20-18-16-14-12-10-6-2/h5-6,9-20,23-24H,1-2,7-8,21-22H2,3-4H3. The first-order valence-electron chi connectivity index (χ1n) is 9.48. The molecule has 0 amide bonds. The highest BCUT2D eigenvalue weighted by Gasteiger charge is 2.30. The van der Waals surface area contributed by atoms with Crippen LogP contribution in [0, 0.1) is 0 Å². The largest absolute Gasteiger partial charge is 0.228 e. The SMILES string of the molecule is C=CC=CC=CC=CCC(CC)S(=O)(=O)C(CC)CC=CC=CC=CC=C. The zero-order valence-electron chi connectivity index (χ0n) is 16.7. The molecule has 0 N–H and O–H groups in total. The van der Waals surface area contributed by atoms with E-state index >= 15 is 0 Å². The Hall–Kier alpha value is -2.13. The molecule has 0 aromatic rings. The van der Waals surface area contributed by atoms with Crippen LogP contribution < -0.4 is 0 Å². The molecule has 0 rings (SSSR count). The van der Waals surface area contributed by atoms with Crippen LogP contribution in [0.1, 0.15) is 39.5 Å². The van der Waals surface area contributed by atoms with E-state index in [9.17, 15) is 8.42 Å². The second-order valence-electron chi connectivity index (χ2n) is 5.99. The van der Waals surface area contributed by atoms with Gasteiger partial charge in [-0.15, -0.1) is 0 Å². The summed E-state index contributed by atoms with van der Waals surface area (Å²) in [6, 6.07) is 0.